The number of thiophene rings is 1. The van der Waals surface area contributed by atoms with E-state index in [1.54, 1.807) is 44.2 Å². The molecular formula is C28H29N3O6S2. The van der Waals surface area contributed by atoms with E-state index in [1.165, 1.54) is 35.5 Å². The number of carbonyl (C=O) groups is 1. The fourth-order valence-electron chi connectivity index (χ4n) is 4.73. The fraction of sp³-hybridized carbons (Fsp3) is 0.321. The molecule has 0 amide bonds. The van der Waals surface area contributed by atoms with E-state index in [0.717, 1.165) is 24.8 Å². The van der Waals surface area contributed by atoms with Crippen molar-refractivity contribution in [1.29, 1.82) is 0 Å². The van der Waals surface area contributed by atoms with Crippen molar-refractivity contribution >= 4 is 43.2 Å². The van der Waals surface area contributed by atoms with Crippen LogP contribution in [0.1, 0.15) is 58.6 Å². The van der Waals surface area contributed by atoms with Gasteiger partial charge in [-0.15, -0.1) is 11.3 Å². The summed E-state index contributed by atoms with van der Waals surface area (Å²) in [6, 6.07) is 10.8. The van der Waals surface area contributed by atoms with E-state index in [0.29, 0.717) is 33.1 Å². The number of hydrogen-bond acceptors (Lipinski definition) is 8. The minimum absolute atomic E-state index is 0.0493. The lowest BCUT2D eigenvalue weighted by molar-refractivity contribution is 0.0319. The molecule has 204 valence electrons. The molecule has 1 aliphatic carbocycles. The number of benzene rings is 2. The minimum atomic E-state index is -3.99. The van der Waals surface area contributed by atoms with Crippen molar-refractivity contribution in [3.63, 3.8) is 0 Å². The zero-order valence-corrected chi connectivity index (χ0v) is 23.7. The van der Waals surface area contributed by atoms with Crippen molar-refractivity contribution in [3.05, 3.63) is 80.2 Å². The zero-order chi connectivity index (χ0) is 27.9. The zero-order valence-electron chi connectivity index (χ0n) is 22.0. The molecule has 0 aliphatic heterocycles. The molecule has 2 heterocycles. The fourth-order valence-corrected chi connectivity index (χ4v) is 7.45. The van der Waals surface area contributed by atoms with Crippen LogP contribution >= 0.6 is 11.3 Å². The number of rotatable bonds is 7. The van der Waals surface area contributed by atoms with Crippen LogP contribution in [0.3, 0.4) is 0 Å². The maximum Gasteiger partial charge on any atom is 0.338 e. The Kier molecular flexibility index (Phi) is 7.21. The highest BCUT2D eigenvalue weighted by Gasteiger charge is 2.25. The Hall–Kier alpha value is -3.70. The number of hydrogen-bond donors (Lipinski definition) is 2. The molecule has 0 saturated carbocycles. The standard InChI is InChI=1S/C28H29N3O6S2/c1-15-5-12-21-22(13-15)38-27-24(21)26(32)29-25(30-27)17(3)37-28(33)18-7-6-16(2)23(14-18)39(34,35)31-19-8-10-20(36-4)11-9-19/h6-11,14-15,17,31H,5,12-13H2,1-4H3,(H,29,30,32)/t15-,17+/m1/s1. The highest BCUT2D eigenvalue weighted by Crippen LogP contribution is 2.36. The van der Waals surface area contributed by atoms with Gasteiger partial charge < -0.3 is 14.5 Å². The Labute approximate surface area is 230 Å². The van der Waals surface area contributed by atoms with E-state index in [4.69, 9.17) is 9.47 Å². The topological polar surface area (TPSA) is 127 Å². The van der Waals surface area contributed by atoms with Crippen molar-refractivity contribution in [2.24, 2.45) is 5.92 Å². The lowest BCUT2D eigenvalue weighted by Crippen LogP contribution is -2.19. The van der Waals surface area contributed by atoms with Gasteiger partial charge in [0.05, 0.1) is 23.0 Å². The quantitative estimate of drug-likeness (QED) is 0.296. The predicted octanol–water partition coefficient (Wildman–Crippen LogP) is 5.15. The number of aromatic nitrogens is 2. The van der Waals surface area contributed by atoms with E-state index in [1.807, 2.05) is 0 Å². The van der Waals surface area contributed by atoms with Crippen LogP contribution < -0.4 is 15.0 Å². The number of sulfonamides is 1. The van der Waals surface area contributed by atoms with E-state index in [-0.39, 0.29) is 21.8 Å². The molecule has 11 heteroatoms. The molecule has 1 aliphatic rings. The summed E-state index contributed by atoms with van der Waals surface area (Å²) in [6.45, 7) is 5.47. The molecule has 39 heavy (non-hydrogen) atoms. The van der Waals surface area contributed by atoms with E-state index < -0.39 is 22.1 Å². The van der Waals surface area contributed by atoms with Crippen molar-refractivity contribution in [1.82, 2.24) is 9.97 Å². The van der Waals surface area contributed by atoms with Gasteiger partial charge in [0.25, 0.3) is 15.6 Å². The number of fused-ring (bicyclic) bond motifs is 3. The van der Waals surface area contributed by atoms with Crippen molar-refractivity contribution in [3.8, 4) is 5.75 Å². The number of ether oxygens (including phenoxy) is 2. The lowest BCUT2D eigenvalue weighted by Gasteiger charge is -2.17. The number of methoxy groups -OCH3 is 1. The van der Waals surface area contributed by atoms with E-state index in [2.05, 4.69) is 21.6 Å². The summed E-state index contributed by atoms with van der Waals surface area (Å²) >= 11 is 1.52. The molecule has 0 unspecified atom stereocenters. The summed E-state index contributed by atoms with van der Waals surface area (Å²) in [7, 11) is -2.47. The van der Waals surface area contributed by atoms with Crippen molar-refractivity contribution in [2.75, 3.05) is 11.8 Å². The maximum absolute atomic E-state index is 13.1. The summed E-state index contributed by atoms with van der Waals surface area (Å²) in [5.74, 6) is 0.675. The highest BCUT2D eigenvalue weighted by molar-refractivity contribution is 7.92. The molecule has 2 aromatic heterocycles. The molecule has 4 aromatic rings. The molecule has 2 aromatic carbocycles. The van der Waals surface area contributed by atoms with Crippen LogP contribution in [0.5, 0.6) is 5.75 Å². The van der Waals surface area contributed by atoms with Gasteiger partial charge in [-0.2, -0.15) is 0 Å². The molecule has 5 rings (SSSR count). The van der Waals surface area contributed by atoms with Crippen LogP contribution in [0.15, 0.2) is 52.2 Å². The number of aromatic amines is 1. The second kappa shape index (κ2) is 10.5. The molecule has 0 spiro atoms. The van der Waals surface area contributed by atoms with Crippen molar-refractivity contribution in [2.45, 2.75) is 51.0 Å². The molecule has 9 nitrogen and oxygen atoms in total. The average molecular weight is 568 g/mol. The van der Waals surface area contributed by atoms with Crippen LogP contribution in [0, 0.1) is 12.8 Å². The number of esters is 1. The lowest BCUT2D eigenvalue weighted by atomic mass is 9.89. The predicted molar refractivity (Wildman–Crippen MR) is 150 cm³/mol. The molecular weight excluding hydrogens is 538 g/mol. The largest absolute Gasteiger partial charge is 0.497 e. The molecule has 0 bridgehead atoms. The van der Waals surface area contributed by atoms with Crippen LogP contribution in [-0.2, 0) is 27.6 Å². The Balaban J connectivity index is 1.37. The third-order valence-corrected chi connectivity index (χ3v) is 9.58. The van der Waals surface area contributed by atoms with Crippen LogP contribution in [-0.4, -0.2) is 31.5 Å². The normalized spacial score (nSPS) is 15.9. The first kappa shape index (κ1) is 26.9. The minimum Gasteiger partial charge on any atom is -0.497 e. The first-order valence-electron chi connectivity index (χ1n) is 12.6. The van der Waals surface area contributed by atoms with E-state index in [9.17, 15) is 18.0 Å². The Bertz CT molecular complexity index is 1720. The number of H-pyrrole nitrogens is 1. The number of nitrogens with one attached hydrogen (secondary N) is 2. The first-order chi connectivity index (χ1) is 18.6. The molecule has 2 N–H and O–H groups in total. The summed E-state index contributed by atoms with van der Waals surface area (Å²) in [6.07, 6.45) is 1.97. The SMILES string of the molecule is COc1ccc(NS(=O)(=O)c2cc(C(=O)O[C@@H](C)c3nc4sc5c(c4c(=O)[nH]3)CC[C@@H](C)C5)ccc2C)cc1. The second-order valence-electron chi connectivity index (χ2n) is 9.84. The highest BCUT2D eigenvalue weighted by atomic mass is 32.2. The third kappa shape index (κ3) is 5.41. The summed E-state index contributed by atoms with van der Waals surface area (Å²) in [5.41, 5.74) is 1.72. The van der Waals surface area contributed by atoms with Crippen LogP contribution in [0.25, 0.3) is 10.2 Å². The van der Waals surface area contributed by atoms with Crippen LogP contribution in [0.4, 0.5) is 5.69 Å². The maximum atomic E-state index is 13.1. The molecule has 0 fully saturated rings. The summed E-state index contributed by atoms with van der Waals surface area (Å²) < 4.78 is 39.5. The van der Waals surface area contributed by atoms with Gasteiger partial charge in [-0.3, -0.25) is 9.52 Å². The number of aryl methyl sites for hydroxylation is 2. The second-order valence-corrected chi connectivity index (χ2v) is 12.6. The van der Waals surface area contributed by atoms with Gasteiger partial charge in [-0.05, 0) is 86.6 Å². The smallest absolute Gasteiger partial charge is 0.338 e. The van der Waals surface area contributed by atoms with Crippen molar-refractivity contribution < 1.29 is 22.7 Å². The monoisotopic (exact) mass is 567 g/mol. The third-order valence-electron chi connectivity index (χ3n) is 6.91. The number of carbonyl (C=O) groups excluding carboxylic acids is 1. The molecule has 2 atom stereocenters. The summed E-state index contributed by atoms with van der Waals surface area (Å²) in [4.78, 5) is 35.1. The summed E-state index contributed by atoms with van der Waals surface area (Å²) in [5, 5.41) is 0.627. The van der Waals surface area contributed by atoms with Gasteiger partial charge in [-0.25, -0.2) is 18.2 Å². The van der Waals surface area contributed by atoms with Gasteiger partial charge in [0, 0.05) is 10.6 Å². The Morgan fingerprint density at radius 2 is 1.95 bits per heavy atom. The Morgan fingerprint density at radius 1 is 1.21 bits per heavy atom. The van der Waals surface area contributed by atoms with Gasteiger partial charge in [0.1, 0.15) is 10.6 Å². The first-order valence-corrected chi connectivity index (χ1v) is 14.9. The molecule has 0 saturated heterocycles. The van der Waals surface area contributed by atoms with Gasteiger partial charge in [0.2, 0.25) is 0 Å². The Morgan fingerprint density at radius 3 is 2.67 bits per heavy atom. The van der Waals surface area contributed by atoms with Gasteiger partial charge >= 0.3 is 5.97 Å². The molecule has 0 radical (unpaired) electrons. The number of anilines is 1. The number of nitrogens with zero attached hydrogens (tertiary/aromatic N) is 1. The van der Waals surface area contributed by atoms with Gasteiger partial charge in [-0.1, -0.05) is 13.0 Å². The average Bonchev–Trinajstić information content (AvgIpc) is 3.26. The van der Waals surface area contributed by atoms with Gasteiger partial charge in [0.15, 0.2) is 11.9 Å². The van der Waals surface area contributed by atoms with Crippen LogP contribution in [0.2, 0.25) is 0 Å². The van der Waals surface area contributed by atoms with E-state index >= 15 is 0 Å².